The minimum absolute atomic E-state index is 0.0573. The maximum atomic E-state index is 12.6. The Balaban J connectivity index is 1.45. The van der Waals surface area contributed by atoms with E-state index in [4.69, 9.17) is 10.2 Å². The van der Waals surface area contributed by atoms with Crippen LogP contribution in [0.1, 0.15) is 50.5 Å². The Kier molecular flexibility index (Phi) is 6.72. The third kappa shape index (κ3) is 5.27. The number of hydrogen-bond acceptors (Lipinski definition) is 4. The number of hydrogen-bond donors (Lipinski definition) is 3. The average Bonchev–Trinajstić information content (AvgIpc) is 3.22. The first-order valence-corrected chi connectivity index (χ1v) is 11.3. The van der Waals surface area contributed by atoms with Gasteiger partial charge in [-0.2, -0.15) is 5.26 Å². The van der Waals surface area contributed by atoms with Gasteiger partial charge in [0.25, 0.3) is 0 Å². The maximum Gasteiger partial charge on any atom is 0.319 e. The molecular formula is C25H30N6O. The van der Waals surface area contributed by atoms with Gasteiger partial charge in [0.15, 0.2) is 0 Å². The summed E-state index contributed by atoms with van der Waals surface area (Å²) in [4.78, 5) is 23.4. The minimum atomic E-state index is -0.223. The number of urea groups is 1. The number of aromatic nitrogens is 2. The van der Waals surface area contributed by atoms with Crippen LogP contribution in [-0.2, 0) is 0 Å². The maximum absolute atomic E-state index is 12.6. The van der Waals surface area contributed by atoms with Crippen molar-refractivity contribution in [2.24, 2.45) is 5.92 Å². The summed E-state index contributed by atoms with van der Waals surface area (Å²) >= 11 is 0. The zero-order valence-corrected chi connectivity index (χ0v) is 18.6. The zero-order chi connectivity index (χ0) is 22.5. The molecule has 2 unspecified atom stereocenters. The second kappa shape index (κ2) is 9.84. The molecule has 3 N–H and O–H groups in total. The number of para-hydroxylation sites is 2. The van der Waals surface area contributed by atoms with Crippen LogP contribution in [0.15, 0.2) is 48.5 Å². The first kappa shape index (κ1) is 21.8. The lowest BCUT2D eigenvalue weighted by molar-refractivity contribution is 0.116. The summed E-state index contributed by atoms with van der Waals surface area (Å²) in [7, 11) is 0. The summed E-state index contributed by atoms with van der Waals surface area (Å²) in [6.07, 6.45) is 2.84. The third-order valence-electron chi connectivity index (χ3n) is 6.04. The largest absolute Gasteiger partial charge is 0.341 e. The number of anilines is 1. The van der Waals surface area contributed by atoms with E-state index < -0.39 is 0 Å². The fourth-order valence-corrected chi connectivity index (χ4v) is 4.23. The van der Waals surface area contributed by atoms with E-state index in [0.717, 1.165) is 49.2 Å². The molecule has 2 amide bonds. The highest BCUT2D eigenvalue weighted by molar-refractivity contribution is 5.89. The van der Waals surface area contributed by atoms with E-state index in [1.165, 1.54) is 0 Å². The van der Waals surface area contributed by atoms with Crippen LogP contribution in [0.4, 0.5) is 10.5 Å². The molecule has 2 atom stereocenters. The number of fused-ring (bicyclic) bond motifs is 1. The number of piperidine rings is 1. The molecular weight excluding hydrogens is 400 g/mol. The van der Waals surface area contributed by atoms with Crippen molar-refractivity contribution >= 4 is 22.8 Å². The standard InChI is InChI=1S/C25H30N6O/c1-17(2)11-13-31-14-12-20(28-25(32)27-19-9-7-18(16-26)8-10-19)15-23(31)24-29-21-5-3-4-6-22(21)30-24/h3-10,17,20,23H,11-15H2,1-2H3,(H,29,30)(H2,27,28,32). The van der Waals surface area contributed by atoms with Crippen LogP contribution >= 0.6 is 0 Å². The number of benzene rings is 2. The Labute approximate surface area is 188 Å². The molecule has 2 aromatic carbocycles. The van der Waals surface area contributed by atoms with Gasteiger partial charge in [-0.1, -0.05) is 26.0 Å². The van der Waals surface area contributed by atoms with Gasteiger partial charge in [-0.05, 0) is 68.1 Å². The van der Waals surface area contributed by atoms with Crippen molar-refractivity contribution in [1.82, 2.24) is 20.2 Å². The second-order valence-electron chi connectivity index (χ2n) is 8.88. The molecule has 1 aliphatic rings. The van der Waals surface area contributed by atoms with Crippen molar-refractivity contribution in [3.8, 4) is 6.07 Å². The van der Waals surface area contributed by atoms with Gasteiger partial charge < -0.3 is 15.6 Å². The monoisotopic (exact) mass is 430 g/mol. The van der Waals surface area contributed by atoms with Crippen molar-refractivity contribution in [3.05, 3.63) is 59.9 Å². The first-order valence-electron chi connectivity index (χ1n) is 11.3. The van der Waals surface area contributed by atoms with Crippen LogP contribution in [0.25, 0.3) is 11.0 Å². The summed E-state index contributed by atoms with van der Waals surface area (Å²) in [5.74, 6) is 1.61. The summed E-state index contributed by atoms with van der Waals surface area (Å²) < 4.78 is 0. The molecule has 7 heteroatoms. The Bertz CT molecular complexity index is 1060. The van der Waals surface area contributed by atoms with E-state index in [2.05, 4.69) is 40.4 Å². The Morgan fingerprint density at radius 2 is 2.03 bits per heavy atom. The molecule has 1 aromatic heterocycles. The highest BCUT2D eigenvalue weighted by Gasteiger charge is 2.32. The molecule has 7 nitrogen and oxygen atoms in total. The number of amides is 2. The number of nitriles is 1. The number of aromatic amines is 1. The van der Waals surface area contributed by atoms with Gasteiger partial charge in [-0.3, -0.25) is 4.90 Å². The SMILES string of the molecule is CC(C)CCN1CCC(NC(=O)Nc2ccc(C#N)cc2)CC1c1nc2ccccc2[nH]1. The molecule has 1 saturated heterocycles. The topological polar surface area (TPSA) is 96.8 Å². The Morgan fingerprint density at radius 3 is 2.75 bits per heavy atom. The highest BCUT2D eigenvalue weighted by Crippen LogP contribution is 2.31. The van der Waals surface area contributed by atoms with Crippen molar-refractivity contribution < 1.29 is 4.79 Å². The molecule has 2 heterocycles. The fourth-order valence-electron chi connectivity index (χ4n) is 4.23. The number of carbonyl (C=O) groups excluding carboxylic acids is 1. The van der Waals surface area contributed by atoms with Crippen LogP contribution in [0.3, 0.4) is 0 Å². The van der Waals surface area contributed by atoms with Crippen LogP contribution in [0, 0.1) is 17.2 Å². The molecule has 4 rings (SSSR count). The smallest absolute Gasteiger partial charge is 0.319 e. The van der Waals surface area contributed by atoms with Crippen molar-refractivity contribution in [1.29, 1.82) is 5.26 Å². The Hall–Kier alpha value is -3.37. The van der Waals surface area contributed by atoms with Crippen LogP contribution in [0.2, 0.25) is 0 Å². The second-order valence-corrected chi connectivity index (χ2v) is 8.88. The summed E-state index contributed by atoms with van der Waals surface area (Å²) in [5, 5.41) is 14.9. The Morgan fingerprint density at radius 1 is 1.25 bits per heavy atom. The van der Waals surface area contributed by atoms with Gasteiger partial charge in [-0.15, -0.1) is 0 Å². The van der Waals surface area contributed by atoms with Gasteiger partial charge in [0.1, 0.15) is 5.82 Å². The minimum Gasteiger partial charge on any atom is -0.341 e. The van der Waals surface area contributed by atoms with Gasteiger partial charge in [0.05, 0.1) is 28.7 Å². The fraction of sp³-hybridized carbons (Fsp3) is 0.400. The molecule has 0 spiro atoms. The lowest BCUT2D eigenvalue weighted by Gasteiger charge is -2.39. The number of likely N-dealkylation sites (tertiary alicyclic amines) is 1. The summed E-state index contributed by atoms with van der Waals surface area (Å²) in [5.41, 5.74) is 3.25. The average molecular weight is 431 g/mol. The number of nitrogens with one attached hydrogen (secondary N) is 3. The van der Waals surface area contributed by atoms with E-state index in [9.17, 15) is 4.79 Å². The van der Waals surface area contributed by atoms with Gasteiger partial charge in [0, 0.05) is 18.3 Å². The zero-order valence-electron chi connectivity index (χ0n) is 18.6. The van der Waals surface area contributed by atoms with E-state index in [1.807, 2.05) is 24.3 Å². The van der Waals surface area contributed by atoms with Gasteiger partial charge >= 0.3 is 6.03 Å². The molecule has 166 valence electrons. The third-order valence-corrected chi connectivity index (χ3v) is 6.04. The number of carbonyl (C=O) groups is 1. The number of rotatable bonds is 6. The molecule has 3 aromatic rings. The summed E-state index contributed by atoms with van der Waals surface area (Å²) in [6, 6.07) is 17.0. The molecule has 0 radical (unpaired) electrons. The lowest BCUT2D eigenvalue weighted by atomic mass is 9.95. The van der Waals surface area contributed by atoms with Crippen LogP contribution in [-0.4, -0.2) is 40.0 Å². The molecule has 1 aliphatic heterocycles. The number of H-pyrrole nitrogens is 1. The molecule has 0 aliphatic carbocycles. The van der Waals surface area contributed by atoms with E-state index >= 15 is 0 Å². The molecule has 1 fully saturated rings. The lowest BCUT2D eigenvalue weighted by Crippen LogP contribution is -2.47. The van der Waals surface area contributed by atoms with E-state index in [-0.39, 0.29) is 18.1 Å². The van der Waals surface area contributed by atoms with Crippen molar-refractivity contribution in [3.63, 3.8) is 0 Å². The van der Waals surface area contributed by atoms with Crippen molar-refractivity contribution in [2.75, 3.05) is 18.4 Å². The molecule has 0 saturated carbocycles. The number of imidazole rings is 1. The van der Waals surface area contributed by atoms with E-state index in [0.29, 0.717) is 17.2 Å². The van der Waals surface area contributed by atoms with Crippen LogP contribution in [0.5, 0.6) is 0 Å². The first-order chi connectivity index (χ1) is 15.5. The molecule has 32 heavy (non-hydrogen) atoms. The van der Waals surface area contributed by atoms with Crippen LogP contribution < -0.4 is 10.6 Å². The van der Waals surface area contributed by atoms with Gasteiger partial charge in [-0.25, -0.2) is 9.78 Å². The van der Waals surface area contributed by atoms with E-state index in [1.54, 1.807) is 24.3 Å². The highest BCUT2D eigenvalue weighted by atomic mass is 16.2. The van der Waals surface area contributed by atoms with Gasteiger partial charge in [0.2, 0.25) is 0 Å². The quantitative estimate of drug-likeness (QED) is 0.523. The summed E-state index contributed by atoms with van der Waals surface area (Å²) in [6.45, 7) is 6.43. The normalized spacial score (nSPS) is 19.1. The molecule has 0 bridgehead atoms. The predicted molar refractivity (Wildman–Crippen MR) is 126 cm³/mol. The number of nitrogens with zero attached hydrogens (tertiary/aromatic N) is 3. The predicted octanol–water partition coefficient (Wildman–Crippen LogP) is 4.81. The van der Waals surface area contributed by atoms with Crippen molar-refractivity contribution in [2.45, 2.75) is 45.2 Å².